The van der Waals surface area contributed by atoms with Gasteiger partial charge in [-0.25, -0.2) is 4.98 Å². The number of ether oxygens (including phenoxy) is 1. The fourth-order valence-electron chi connectivity index (χ4n) is 1.64. The van der Waals surface area contributed by atoms with Crippen LogP contribution in [0, 0.1) is 0 Å². The SMILES string of the molecule is CC1CCC(c2nc(C(C)N)n[nH]2)O1. The van der Waals surface area contributed by atoms with E-state index in [1.165, 1.54) is 0 Å². The van der Waals surface area contributed by atoms with Gasteiger partial charge in [-0.2, -0.15) is 5.10 Å². The number of aromatic amines is 1. The molecular weight excluding hydrogens is 180 g/mol. The third-order valence-corrected chi connectivity index (χ3v) is 2.46. The van der Waals surface area contributed by atoms with Gasteiger partial charge in [0.25, 0.3) is 0 Å². The Labute approximate surface area is 83.1 Å². The maximum atomic E-state index is 5.67. The maximum absolute atomic E-state index is 5.67. The summed E-state index contributed by atoms with van der Waals surface area (Å²) >= 11 is 0. The van der Waals surface area contributed by atoms with Gasteiger partial charge in [-0.3, -0.25) is 5.10 Å². The third-order valence-electron chi connectivity index (χ3n) is 2.46. The Morgan fingerprint density at radius 2 is 2.36 bits per heavy atom. The molecule has 2 heterocycles. The predicted molar refractivity (Wildman–Crippen MR) is 51.5 cm³/mol. The molecule has 3 N–H and O–H groups in total. The van der Waals surface area contributed by atoms with E-state index < -0.39 is 0 Å². The van der Waals surface area contributed by atoms with Gasteiger partial charge in [0, 0.05) is 0 Å². The van der Waals surface area contributed by atoms with Gasteiger partial charge >= 0.3 is 0 Å². The molecule has 1 aromatic heterocycles. The Morgan fingerprint density at radius 1 is 1.57 bits per heavy atom. The monoisotopic (exact) mass is 196 g/mol. The molecule has 0 spiro atoms. The van der Waals surface area contributed by atoms with Crippen LogP contribution in [0.15, 0.2) is 0 Å². The second-order valence-corrected chi connectivity index (χ2v) is 3.88. The van der Waals surface area contributed by atoms with Gasteiger partial charge in [0.2, 0.25) is 0 Å². The molecule has 1 saturated heterocycles. The second kappa shape index (κ2) is 3.67. The highest BCUT2D eigenvalue weighted by atomic mass is 16.5. The van der Waals surface area contributed by atoms with E-state index in [-0.39, 0.29) is 12.1 Å². The van der Waals surface area contributed by atoms with E-state index in [2.05, 4.69) is 22.1 Å². The molecule has 0 saturated carbocycles. The second-order valence-electron chi connectivity index (χ2n) is 3.88. The fraction of sp³-hybridized carbons (Fsp3) is 0.778. The Morgan fingerprint density at radius 3 is 2.86 bits per heavy atom. The quantitative estimate of drug-likeness (QED) is 0.741. The first-order chi connectivity index (χ1) is 6.66. The van der Waals surface area contributed by atoms with Gasteiger partial charge in [-0.05, 0) is 26.7 Å². The molecule has 0 aromatic carbocycles. The van der Waals surface area contributed by atoms with Crippen LogP contribution < -0.4 is 5.73 Å². The molecule has 0 radical (unpaired) electrons. The number of hydrogen-bond donors (Lipinski definition) is 2. The molecule has 0 amide bonds. The Balaban J connectivity index is 2.09. The largest absolute Gasteiger partial charge is 0.367 e. The third kappa shape index (κ3) is 1.78. The van der Waals surface area contributed by atoms with Gasteiger partial charge in [0.15, 0.2) is 11.6 Å². The maximum Gasteiger partial charge on any atom is 0.167 e. The molecule has 3 unspecified atom stereocenters. The summed E-state index contributed by atoms with van der Waals surface area (Å²) in [6.45, 7) is 3.94. The molecule has 1 aliphatic heterocycles. The average Bonchev–Trinajstić information content (AvgIpc) is 2.70. The van der Waals surface area contributed by atoms with Gasteiger partial charge in [0.1, 0.15) is 6.10 Å². The molecule has 14 heavy (non-hydrogen) atoms. The van der Waals surface area contributed by atoms with E-state index in [0.29, 0.717) is 11.9 Å². The molecule has 5 nitrogen and oxygen atoms in total. The summed E-state index contributed by atoms with van der Waals surface area (Å²) in [5.41, 5.74) is 5.67. The molecule has 1 aromatic rings. The van der Waals surface area contributed by atoms with E-state index in [0.717, 1.165) is 18.7 Å². The van der Waals surface area contributed by atoms with Crippen LogP contribution in [0.25, 0.3) is 0 Å². The smallest absolute Gasteiger partial charge is 0.167 e. The number of nitrogens with one attached hydrogen (secondary N) is 1. The van der Waals surface area contributed by atoms with Gasteiger partial charge in [-0.15, -0.1) is 0 Å². The molecule has 0 bridgehead atoms. The molecule has 5 heteroatoms. The Bertz CT molecular complexity index is 310. The summed E-state index contributed by atoms with van der Waals surface area (Å²) in [7, 11) is 0. The zero-order valence-corrected chi connectivity index (χ0v) is 8.53. The Kier molecular flexibility index (Phi) is 2.52. The number of nitrogens with zero attached hydrogens (tertiary/aromatic N) is 2. The van der Waals surface area contributed by atoms with E-state index in [9.17, 15) is 0 Å². The minimum Gasteiger partial charge on any atom is -0.367 e. The molecule has 78 valence electrons. The number of H-pyrrole nitrogens is 1. The van der Waals surface area contributed by atoms with E-state index in [1.54, 1.807) is 0 Å². The minimum atomic E-state index is -0.126. The van der Waals surface area contributed by atoms with Crippen LogP contribution in [-0.4, -0.2) is 21.3 Å². The van der Waals surface area contributed by atoms with Gasteiger partial charge in [-0.1, -0.05) is 0 Å². The van der Waals surface area contributed by atoms with Gasteiger partial charge < -0.3 is 10.5 Å². The van der Waals surface area contributed by atoms with Crippen molar-refractivity contribution in [3.8, 4) is 0 Å². The zero-order valence-electron chi connectivity index (χ0n) is 8.53. The highest BCUT2D eigenvalue weighted by Gasteiger charge is 2.26. The first kappa shape index (κ1) is 9.61. The molecule has 1 fully saturated rings. The molecule has 0 aliphatic carbocycles. The van der Waals surface area contributed by atoms with Crippen molar-refractivity contribution in [2.75, 3.05) is 0 Å². The average molecular weight is 196 g/mol. The van der Waals surface area contributed by atoms with E-state index >= 15 is 0 Å². The van der Waals surface area contributed by atoms with Crippen LogP contribution in [0.1, 0.15) is 50.5 Å². The Hall–Kier alpha value is -0.940. The van der Waals surface area contributed by atoms with Crippen LogP contribution in [0.5, 0.6) is 0 Å². The predicted octanol–water partition coefficient (Wildman–Crippen LogP) is 1.06. The summed E-state index contributed by atoms with van der Waals surface area (Å²) in [6, 6.07) is -0.126. The lowest BCUT2D eigenvalue weighted by Gasteiger charge is -2.06. The van der Waals surface area contributed by atoms with Crippen molar-refractivity contribution in [2.24, 2.45) is 5.73 Å². The van der Waals surface area contributed by atoms with Crippen molar-refractivity contribution in [1.29, 1.82) is 0 Å². The summed E-state index contributed by atoms with van der Waals surface area (Å²) in [4.78, 5) is 4.31. The van der Waals surface area contributed by atoms with Crippen LogP contribution in [0.2, 0.25) is 0 Å². The van der Waals surface area contributed by atoms with Gasteiger partial charge in [0.05, 0.1) is 12.1 Å². The number of rotatable bonds is 2. The lowest BCUT2D eigenvalue weighted by atomic mass is 10.2. The van der Waals surface area contributed by atoms with Crippen molar-refractivity contribution in [1.82, 2.24) is 15.2 Å². The topological polar surface area (TPSA) is 76.8 Å². The lowest BCUT2D eigenvalue weighted by Crippen LogP contribution is -2.07. The van der Waals surface area contributed by atoms with E-state index in [4.69, 9.17) is 10.5 Å². The fourth-order valence-corrected chi connectivity index (χ4v) is 1.64. The summed E-state index contributed by atoms with van der Waals surface area (Å²) in [5, 5.41) is 6.93. The normalized spacial score (nSPS) is 29.4. The molecular formula is C9H16N4O. The first-order valence-electron chi connectivity index (χ1n) is 5.00. The summed E-state index contributed by atoms with van der Waals surface area (Å²) in [5.74, 6) is 1.46. The van der Waals surface area contributed by atoms with E-state index in [1.807, 2.05) is 6.92 Å². The van der Waals surface area contributed by atoms with Crippen molar-refractivity contribution in [3.05, 3.63) is 11.6 Å². The van der Waals surface area contributed by atoms with Crippen molar-refractivity contribution < 1.29 is 4.74 Å². The number of nitrogens with two attached hydrogens (primary N) is 1. The van der Waals surface area contributed by atoms with Crippen LogP contribution in [-0.2, 0) is 4.74 Å². The first-order valence-corrected chi connectivity index (χ1v) is 5.00. The minimum absolute atomic E-state index is 0.0741. The highest BCUT2D eigenvalue weighted by Crippen LogP contribution is 2.30. The number of aromatic nitrogens is 3. The summed E-state index contributed by atoms with van der Waals surface area (Å²) in [6.07, 6.45) is 2.49. The van der Waals surface area contributed by atoms with Crippen LogP contribution in [0.3, 0.4) is 0 Å². The lowest BCUT2D eigenvalue weighted by molar-refractivity contribution is 0.0505. The number of hydrogen-bond acceptors (Lipinski definition) is 4. The standard InChI is InChI=1S/C9H16N4O/c1-5-3-4-7(14-5)9-11-8(6(2)10)12-13-9/h5-7H,3-4,10H2,1-2H3,(H,11,12,13). The molecule has 3 atom stereocenters. The summed E-state index contributed by atoms with van der Waals surface area (Å²) < 4.78 is 5.67. The van der Waals surface area contributed by atoms with Crippen LogP contribution >= 0.6 is 0 Å². The molecule has 1 aliphatic rings. The molecule has 2 rings (SSSR count). The van der Waals surface area contributed by atoms with Crippen molar-refractivity contribution in [3.63, 3.8) is 0 Å². The zero-order chi connectivity index (χ0) is 10.1. The highest BCUT2D eigenvalue weighted by molar-refractivity contribution is 4.99. The van der Waals surface area contributed by atoms with Crippen LogP contribution in [0.4, 0.5) is 0 Å². The van der Waals surface area contributed by atoms with Crippen molar-refractivity contribution >= 4 is 0 Å². The van der Waals surface area contributed by atoms with Crippen molar-refractivity contribution in [2.45, 2.75) is 44.9 Å².